The lowest BCUT2D eigenvalue weighted by atomic mass is 9.91. The molecule has 2 aliphatic rings. The number of hydrogen-bond donors (Lipinski definition) is 1. The molecule has 0 unspecified atom stereocenters. The fourth-order valence-corrected chi connectivity index (χ4v) is 2.91. The standard InChI is InChI=1S/C14H20N2/c1-14(2,3)12-6-4-5-11(16-12)13-9-7-15-8-10(9)13/h4-6,9-10,13,15H,7-8H2,1-3H3/t9-,10+,13+. The van der Waals surface area contributed by atoms with Gasteiger partial charge in [-0.15, -0.1) is 0 Å². The van der Waals surface area contributed by atoms with E-state index in [2.05, 4.69) is 44.3 Å². The smallest absolute Gasteiger partial charge is 0.0460 e. The molecule has 1 N–H and O–H groups in total. The van der Waals surface area contributed by atoms with Crippen molar-refractivity contribution in [2.24, 2.45) is 11.8 Å². The summed E-state index contributed by atoms with van der Waals surface area (Å²) in [5.74, 6) is 2.47. The van der Waals surface area contributed by atoms with Gasteiger partial charge in [-0.1, -0.05) is 26.8 Å². The molecule has 0 spiro atoms. The maximum atomic E-state index is 4.86. The number of hydrogen-bond acceptors (Lipinski definition) is 2. The predicted octanol–water partition coefficient (Wildman–Crippen LogP) is 2.31. The van der Waals surface area contributed by atoms with E-state index >= 15 is 0 Å². The Hall–Kier alpha value is -0.890. The Morgan fingerprint density at radius 2 is 1.88 bits per heavy atom. The molecule has 2 heteroatoms. The molecule has 2 nitrogen and oxygen atoms in total. The van der Waals surface area contributed by atoms with Crippen molar-refractivity contribution >= 4 is 0 Å². The summed E-state index contributed by atoms with van der Waals surface area (Å²) >= 11 is 0. The van der Waals surface area contributed by atoms with Crippen LogP contribution in [0.3, 0.4) is 0 Å². The third-order valence-electron chi connectivity index (χ3n) is 3.97. The second-order valence-corrected chi connectivity index (χ2v) is 6.21. The number of nitrogens with zero attached hydrogens (tertiary/aromatic N) is 1. The molecule has 2 fully saturated rings. The lowest BCUT2D eigenvalue weighted by molar-refractivity contribution is 0.562. The minimum absolute atomic E-state index is 0.165. The van der Waals surface area contributed by atoms with Crippen molar-refractivity contribution in [3.05, 3.63) is 29.6 Å². The van der Waals surface area contributed by atoms with Crippen LogP contribution in [0.5, 0.6) is 0 Å². The maximum absolute atomic E-state index is 4.86. The predicted molar refractivity (Wildman–Crippen MR) is 65.5 cm³/mol. The molecule has 1 saturated carbocycles. The molecule has 3 rings (SSSR count). The number of nitrogens with one attached hydrogen (secondary N) is 1. The largest absolute Gasteiger partial charge is 0.316 e. The van der Waals surface area contributed by atoms with Crippen LogP contribution in [0.1, 0.15) is 38.1 Å². The molecular weight excluding hydrogens is 196 g/mol. The monoisotopic (exact) mass is 216 g/mol. The Balaban J connectivity index is 1.87. The number of pyridine rings is 1. The highest BCUT2D eigenvalue weighted by Crippen LogP contribution is 2.55. The van der Waals surface area contributed by atoms with Crippen LogP contribution in [0.4, 0.5) is 0 Å². The van der Waals surface area contributed by atoms with Gasteiger partial charge in [-0.05, 0) is 37.1 Å². The second kappa shape index (κ2) is 3.30. The zero-order chi connectivity index (χ0) is 11.3. The Morgan fingerprint density at radius 1 is 1.19 bits per heavy atom. The molecule has 1 saturated heterocycles. The molecule has 0 bridgehead atoms. The van der Waals surface area contributed by atoms with Crippen molar-refractivity contribution in [1.82, 2.24) is 10.3 Å². The van der Waals surface area contributed by atoms with Gasteiger partial charge >= 0.3 is 0 Å². The lowest BCUT2D eigenvalue weighted by Gasteiger charge is -2.18. The van der Waals surface area contributed by atoms with Crippen LogP contribution in [-0.2, 0) is 5.41 Å². The highest BCUT2D eigenvalue weighted by Gasteiger charge is 2.54. The molecule has 2 heterocycles. The Kier molecular flexibility index (Phi) is 2.12. The molecule has 1 aliphatic carbocycles. The molecular formula is C14H20N2. The van der Waals surface area contributed by atoms with Gasteiger partial charge in [-0.2, -0.15) is 0 Å². The first-order chi connectivity index (χ1) is 7.57. The number of aromatic nitrogens is 1. The summed E-state index contributed by atoms with van der Waals surface area (Å²) in [5.41, 5.74) is 2.71. The summed E-state index contributed by atoms with van der Waals surface area (Å²) in [4.78, 5) is 4.86. The second-order valence-electron chi connectivity index (χ2n) is 6.21. The van der Waals surface area contributed by atoms with E-state index in [-0.39, 0.29) is 5.41 Å². The number of rotatable bonds is 1. The summed E-state index contributed by atoms with van der Waals surface area (Å²) in [5, 5.41) is 3.44. The van der Waals surface area contributed by atoms with Crippen LogP contribution in [0.15, 0.2) is 18.2 Å². The van der Waals surface area contributed by atoms with Gasteiger partial charge in [0.05, 0.1) is 0 Å². The van der Waals surface area contributed by atoms with E-state index in [9.17, 15) is 0 Å². The van der Waals surface area contributed by atoms with Gasteiger partial charge in [0.1, 0.15) is 0 Å². The first-order valence-corrected chi connectivity index (χ1v) is 6.25. The highest BCUT2D eigenvalue weighted by molar-refractivity contribution is 5.27. The first-order valence-electron chi connectivity index (χ1n) is 6.25. The third-order valence-corrected chi connectivity index (χ3v) is 3.97. The van der Waals surface area contributed by atoms with E-state index in [4.69, 9.17) is 4.98 Å². The maximum Gasteiger partial charge on any atom is 0.0460 e. The Bertz CT molecular complexity index is 395. The van der Waals surface area contributed by atoms with E-state index in [1.54, 1.807) is 0 Å². The van der Waals surface area contributed by atoms with Gasteiger partial charge in [0.15, 0.2) is 0 Å². The Labute approximate surface area is 97.5 Å². The molecule has 3 atom stereocenters. The van der Waals surface area contributed by atoms with E-state index in [1.165, 1.54) is 24.5 Å². The minimum Gasteiger partial charge on any atom is -0.316 e. The van der Waals surface area contributed by atoms with Crippen molar-refractivity contribution in [3.8, 4) is 0 Å². The minimum atomic E-state index is 0.165. The molecule has 16 heavy (non-hydrogen) atoms. The van der Waals surface area contributed by atoms with Crippen molar-refractivity contribution in [1.29, 1.82) is 0 Å². The molecule has 1 aliphatic heterocycles. The summed E-state index contributed by atoms with van der Waals surface area (Å²) in [6, 6.07) is 6.53. The van der Waals surface area contributed by atoms with E-state index in [0.29, 0.717) is 0 Å². The van der Waals surface area contributed by atoms with Crippen LogP contribution in [-0.4, -0.2) is 18.1 Å². The van der Waals surface area contributed by atoms with E-state index in [0.717, 1.165) is 17.8 Å². The van der Waals surface area contributed by atoms with Crippen LogP contribution >= 0.6 is 0 Å². The van der Waals surface area contributed by atoms with E-state index in [1.807, 2.05) is 0 Å². The van der Waals surface area contributed by atoms with Crippen molar-refractivity contribution < 1.29 is 0 Å². The van der Waals surface area contributed by atoms with Crippen molar-refractivity contribution in [2.45, 2.75) is 32.1 Å². The average molecular weight is 216 g/mol. The molecule has 0 radical (unpaired) electrons. The topological polar surface area (TPSA) is 24.9 Å². The summed E-state index contributed by atoms with van der Waals surface area (Å²) in [6.07, 6.45) is 0. The van der Waals surface area contributed by atoms with Crippen molar-refractivity contribution in [2.75, 3.05) is 13.1 Å². The molecule has 1 aromatic rings. The number of piperidine rings is 1. The van der Waals surface area contributed by atoms with Gasteiger partial charge < -0.3 is 5.32 Å². The average Bonchev–Trinajstić information content (AvgIpc) is 2.72. The Morgan fingerprint density at radius 3 is 2.50 bits per heavy atom. The molecule has 0 amide bonds. The van der Waals surface area contributed by atoms with Gasteiger partial charge in [-0.3, -0.25) is 4.98 Å². The normalized spacial score (nSPS) is 32.6. The summed E-state index contributed by atoms with van der Waals surface area (Å²) < 4.78 is 0. The zero-order valence-corrected chi connectivity index (χ0v) is 10.3. The zero-order valence-electron chi connectivity index (χ0n) is 10.3. The third kappa shape index (κ3) is 1.56. The van der Waals surface area contributed by atoms with E-state index < -0.39 is 0 Å². The summed E-state index contributed by atoms with van der Waals surface area (Å²) in [6.45, 7) is 9.07. The SMILES string of the molecule is CC(C)(C)c1cccc([C@H]2[C@@H]3CNC[C@@H]32)n1. The van der Waals surface area contributed by atoms with Gasteiger partial charge in [0, 0.05) is 22.7 Å². The van der Waals surface area contributed by atoms with Gasteiger partial charge in [0.25, 0.3) is 0 Å². The molecule has 0 aromatic carbocycles. The van der Waals surface area contributed by atoms with Gasteiger partial charge in [-0.25, -0.2) is 0 Å². The number of fused-ring (bicyclic) bond motifs is 1. The fourth-order valence-electron chi connectivity index (χ4n) is 2.91. The molecule has 86 valence electrons. The van der Waals surface area contributed by atoms with Crippen LogP contribution in [0.25, 0.3) is 0 Å². The quantitative estimate of drug-likeness (QED) is 0.779. The highest BCUT2D eigenvalue weighted by atomic mass is 15.0. The fraction of sp³-hybridized carbons (Fsp3) is 0.643. The van der Waals surface area contributed by atoms with Crippen LogP contribution in [0, 0.1) is 11.8 Å². The summed E-state index contributed by atoms with van der Waals surface area (Å²) in [7, 11) is 0. The lowest BCUT2D eigenvalue weighted by Crippen LogP contribution is -2.17. The van der Waals surface area contributed by atoms with Crippen LogP contribution in [0.2, 0.25) is 0 Å². The van der Waals surface area contributed by atoms with Crippen molar-refractivity contribution in [3.63, 3.8) is 0 Å². The van der Waals surface area contributed by atoms with Gasteiger partial charge in [0.2, 0.25) is 0 Å². The first kappa shape index (κ1) is 10.3. The van der Waals surface area contributed by atoms with Crippen LogP contribution < -0.4 is 5.32 Å². The molecule has 1 aromatic heterocycles.